The fourth-order valence-electron chi connectivity index (χ4n) is 4.36. The van der Waals surface area contributed by atoms with Gasteiger partial charge in [-0.1, -0.05) is 26.7 Å². The molecule has 0 amide bonds. The minimum Gasteiger partial charge on any atom is -0.507 e. The predicted molar refractivity (Wildman–Crippen MR) is 150 cm³/mol. The van der Waals surface area contributed by atoms with E-state index in [4.69, 9.17) is 19.3 Å². The summed E-state index contributed by atoms with van der Waals surface area (Å²) in [6.45, 7) is 8.09. The number of ether oxygens (including phenoxy) is 3. The van der Waals surface area contributed by atoms with Crippen LogP contribution in [0.2, 0.25) is 0 Å². The summed E-state index contributed by atoms with van der Waals surface area (Å²) in [7, 11) is 0. The van der Waals surface area contributed by atoms with Gasteiger partial charge in [-0.05, 0) is 70.2 Å². The lowest BCUT2D eigenvalue weighted by molar-refractivity contribution is -0.137. The number of rotatable bonds is 19. The van der Waals surface area contributed by atoms with Crippen LogP contribution in [0, 0.1) is 0 Å². The third-order valence-electron chi connectivity index (χ3n) is 6.30. The van der Waals surface area contributed by atoms with Crippen LogP contribution >= 0.6 is 0 Å². The number of aliphatic carboxylic acids is 1. The van der Waals surface area contributed by atoms with Gasteiger partial charge in [-0.3, -0.25) is 14.4 Å². The van der Waals surface area contributed by atoms with E-state index in [1.807, 2.05) is 6.92 Å². The van der Waals surface area contributed by atoms with Gasteiger partial charge in [-0.2, -0.15) is 0 Å². The Morgan fingerprint density at radius 1 is 0.692 bits per heavy atom. The maximum absolute atomic E-state index is 12.4. The van der Waals surface area contributed by atoms with Crippen LogP contribution in [-0.2, 0) is 17.6 Å². The molecule has 0 aliphatic carbocycles. The summed E-state index contributed by atoms with van der Waals surface area (Å²) in [4.78, 5) is 34.8. The topological polar surface area (TPSA) is 119 Å². The van der Waals surface area contributed by atoms with Crippen molar-refractivity contribution in [2.75, 3.05) is 19.8 Å². The van der Waals surface area contributed by atoms with E-state index >= 15 is 0 Å². The molecule has 8 heteroatoms. The summed E-state index contributed by atoms with van der Waals surface area (Å²) < 4.78 is 18.1. The van der Waals surface area contributed by atoms with Crippen LogP contribution in [0.25, 0.3) is 0 Å². The summed E-state index contributed by atoms with van der Waals surface area (Å²) in [5.41, 5.74) is 2.27. The number of phenolic OH excluding ortho intramolecular Hbond substituents is 1. The molecule has 2 N–H and O–H groups in total. The number of carboxylic acids is 1. The van der Waals surface area contributed by atoms with E-state index in [1.54, 1.807) is 24.3 Å². The van der Waals surface area contributed by atoms with Crippen LogP contribution in [0.4, 0.5) is 0 Å². The normalized spacial score (nSPS) is 10.8. The lowest BCUT2D eigenvalue weighted by atomic mass is 10.0. The molecule has 0 spiro atoms. The number of carboxylic acid groups (broad SMARTS) is 1. The highest BCUT2D eigenvalue weighted by molar-refractivity contribution is 5.98. The first kappa shape index (κ1) is 31.7. The molecule has 0 unspecified atom stereocenters. The summed E-state index contributed by atoms with van der Waals surface area (Å²) >= 11 is 0. The molecule has 214 valence electrons. The van der Waals surface area contributed by atoms with E-state index in [-0.39, 0.29) is 29.3 Å². The highest BCUT2D eigenvalue weighted by atomic mass is 16.5. The van der Waals surface area contributed by atoms with Crippen LogP contribution in [0.15, 0.2) is 24.3 Å². The molecule has 0 radical (unpaired) electrons. The number of ketones is 2. The predicted octanol–water partition coefficient (Wildman–Crippen LogP) is 6.57. The monoisotopic (exact) mass is 542 g/mol. The molecular formula is C31H42O8. The molecule has 2 rings (SSSR count). The van der Waals surface area contributed by atoms with E-state index in [9.17, 15) is 19.5 Å². The Morgan fingerprint density at radius 3 is 1.82 bits per heavy atom. The Hall–Kier alpha value is -3.55. The van der Waals surface area contributed by atoms with E-state index in [0.717, 1.165) is 31.2 Å². The Kier molecular flexibility index (Phi) is 13.3. The number of benzene rings is 2. The van der Waals surface area contributed by atoms with Crippen molar-refractivity contribution in [2.45, 2.75) is 85.5 Å². The number of hydrogen-bond acceptors (Lipinski definition) is 7. The lowest BCUT2D eigenvalue weighted by Gasteiger charge is -2.19. The van der Waals surface area contributed by atoms with Gasteiger partial charge in [-0.15, -0.1) is 0 Å². The third kappa shape index (κ3) is 9.61. The molecule has 39 heavy (non-hydrogen) atoms. The molecule has 0 fully saturated rings. The van der Waals surface area contributed by atoms with Gasteiger partial charge in [0.2, 0.25) is 0 Å². The van der Waals surface area contributed by atoms with Crippen molar-refractivity contribution in [1.82, 2.24) is 0 Å². The van der Waals surface area contributed by atoms with Crippen molar-refractivity contribution in [1.29, 1.82) is 0 Å². The fourth-order valence-corrected chi connectivity index (χ4v) is 4.36. The van der Waals surface area contributed by atoms with E-state index in [0.29, 0.717) is 73.9 Å². The van der Waals surface area contributed by atoms with Gasteiger partial charge in [-0.25, -0.2) is 0 Å². The SMILES string of the molecule is CCCc1c(OCCCOc2c(C(C)=O)ccc(OCCCCCC(=O)O)c2CCC)ccc(C(C)=O)c1O. The van der Waals surface area contributed by atoms with Crippen LogP contribution < -0.4 is 14.2 Å². The van der Waals surface area contributed by atoms with Gasteiger partial charge >= 0.3 is 5.97 Å². The Bertz CT molecular complexity index is 1120. The number of Topliss-reactive ketones (excluding diaryl/α,β-unsaturated/α-hetero) is 2. The molecule has 0 atom stereocenters. The smallest absolute Gasteiger partial charge is 0.303 e. The minimum atomic E-state index is -0.793. The Balaban J connectivity index is 2.06. The molecule has 0 aliphatic rings. The van der Waals surface area contributed by atoms with Gasteiger partial charge < -0.3 is 24.4 Å². The van der Waals surface area contributed by atoms with E-state index in [2.05, 4.69) is 6.92 Å². The quantitative estimate of drug-likeness (QED) is 0.151. The van der Waals surface area contributed by atoms with Crippen molar-refractivity contribution < 1.29 is 38.8 Å². The lowest BCUT2D eigenvalue weighted by Crippen LogP contribution is -2.11. The third-order valence-corrected chi connectivity index (χ3v) is 6.30. The number of carbonyl (C=O) groups is 3. The zero-order valence-corrected chi connectivity index (χ0v) is 23.6. The number of phenols is 1. The second kappa shape index (κ2) is 16.4. The molecule has 0 bridgehead atoms. The average molecular weight is 543 g/mol. The molecule has 0 aliphatic heterocycles. The number of unbranched alkanes of at least 4 members (excludes halogenated alkanes) is 2. The first-order valence-corrected chi connectivity index (χ1v) is 13.8. The van der Waals surface area contributed by atoms with Crippen LogP contribution in [0.1, 0.15) is 104 Å². The first-order chi connectivity index (χ1) is 18.7. The molecule has 8 nitrogen and oxygen atoms in total. The van der Waals surface area contributed by atoms with E-state index < -0.39 is 5.97 Å². The molecule has 0 aromatic heterocycles. The van der Waals surface area contributed by atoms with Gasteiger partial charge in [0.25, 0.3) is 0 Å². The summed E-state index contributed by atoms with van der Waals surface area (Å²) in [5, 5.41) is 19.3. The minimum absolute atomic E-state index is 0.0212. The van der Waals surface area contributed by atoms with Crippen molar-refractivity contribution >= 4 is 17.5 Å². The molecule has 2 aromatic rings. The average Bonchev–Trinajstić information content (AvgIpc) is 2.88. The van der Waals surface area contributed by atoms with E-state index in [1.165, 1.54) is 13.8 Å². The zero-order chi connectivity index (χ0) is 28.8. The largest absolute Gasteiger partial charge is 0.507 e. The maximum atomic E-state index is 12.4. The van der Waals surface area contributed by atoms with Crippen LogP contribution in [0.5, 0.6) is 23.0 Å². The number of hydrogen-bond donors (Lipinski definition) is 2. The van der Waals surface area contributed by atoms with Gasteiger partial charge in [0.15, 0.2) is 11.6 Å². The van der Waals surface area contributed by atoms with Crippen molar-refractivity contribution in [2.24, 2.45) is 0 Å². The molecule has 0 heterocycles. The highest BCUT2D eigenvalue weighted by Gasteiger charge is 2.19. The number of carbonyl (C=O) groups excluding carboxylic acids is 2. The molecule has 2 aromatic carbocycles. The van der Waals surface area contributed by atoms with Crippen molar-refractivity contribution in [3.8, 4) is 23.0 Å². The standard InChI is InChI=1S/C31H42O8/c1-5-11-25-27(16-14-23(21(3)32)30(25)36)38-19-10-20-39-31-24(22(4)33)15-17-28(26(31)12-6-2)37-18-9-7-8-13-29(34)35/h14-17,36H,5-13,18-20H2,1-4H3,(H,34,35). The Labute approximate surface area is 231 Å². The maximum Gasteiger partial charge on any atom is 0.303 e. The summed E-state index contributed by atoms with van der Waals surface area (Å²) in [6, 6.07) is 6.83. The molecule has 0 saturated carbocycles. The van der Waals surface area contributed by atoms with Gasteiger partial charge in [0, 0.05) is 24.0 Å². The second-order valence-corrected chi connectivity index (χ2v) is 9.57. The summed E-state index contributed by atoms with van der Waals surface area (Å²) in [5.74, 6) is 0.654. The number of aromatic hydroxyl groups is 1. The second-order valence-electron chi connectivity index (χ2n) is 9.57. The summed E-state index contributed by atoms with van der Waals surface area (Å²) in [6.07, 6.45) is 5.72. The zero-order valence-electron chi connectivity index (χ0n) is 23.6. The van der Waals surface area contributed by atoms with Crippen LogP contribution in [0.3, 0.4) is 0 Å². The van der Waals surface area contributed by atoms with Gasteiger partial charge in [0.05, 0.1) is 30.9 Å². The fraction of sp³-hybridized carbons (Fsp3) is 0.516. The van der Waals surface area contributed by atoms with Crippen molar-refractivity contribution in [3.63, 3.8) is 0 Å². The Morgan fingerprint density at radius 2 is 1.23 bits per heavy atom. The molecular weight excluding hydrogens is 500 g/mol. The first-order valence-electron chi connectivity index (χ1n) is 13.8. The van der Waals surface area contributed by atoms with Gasteiger partial charge in [0.1, 0.15) is 23.0 Å². The molecule has 0 saturated heterocycles. The van der Waals surface area contributed by atoms with Crippen LogP contribution in [-0.4, -0.2) is 47.6 Å². The highest BCUT2D eigenvalue weighted by Crippen LogP contribution is 2.35. The van der Waals surface area contributed by atoms with Crippen molar-refractivity contribution in [3.05, 3.63) is 46.5 Å².